The summed E-state index contributed by atoms with van der Waals surface area (Å²) in [6, 6.07) is 5.27. The van der Waals surface area contributed by atoms with Crippen LogP contribution in [0.4, 0.5) is 10.5 Å². The topological polar surface area (TPSA) is 114 Å². The number of likely N-dealkylation sites (tertiary alicyclic amines) is 1. The van der Waals surface area contributed by atoms with Gasteiger partial charge in [0.15, 0.2) is 0 Å². The summed E-state index contributed by atoms with van der Waals surface area (Å²) in [6.45, 7) is 2.09. The van der Waals surface area contributed by atoms with E-state index < -0.39 is 17.1 Å². The molecule has 1 saturated heterocycles. The SMILES string of the molecule is CNC(=O)C1CC(S)CN1C(C)=NC(=O)OCc1ccc([N+](=O)[O-])cc1. The quantitative estimate of drug-likeness (QED) is 0.270. The van der Waals surface area contributed by atoms with Crippen molar-refractivity contribution in [2.24, 2.45) is 4.99 Å². The van der Waals surface area contributed by atoms with Crippen LogP contribution in [-0.4, -0.2) is 52.5 Å². The van der Waals surface area contributed by atoms with Gasteiger partial charge in [-0.15, -0.1) is 0 Å². The molecular formula is C16H20N4O5S. The number of benzene rings is 1. The number of nitro groups is 1. The van der Waals surface area contributed by atoms with Crippen molar-refractivity contribution in [1.29, 1.82) is 0 Å². The molecule has 0 aliphatic carbocycles. The summed E-state index contributed by atoms with van der Waals surface area (Å²) in [7, 11) is 1.55. The number of thiol groups is 1. The van der Waals surface area contributed by atoms with Crippen molar-refractivity contribution >= 4 is 36.2 Å². The van der Waals surface area contributed by atoms with E-state index in [1.807, 2.05) is 0 Å². The molecule has 1 aliphatic rings. The second kappa shape index (κ2) is 8.65. The van der Waals surface area contributed by atoms with Crippen molar-refractivity contribution in [3.05, 3.63) is 39.9 Å². The third kappa shape index (κ3) is 4.94. The zero-order valence-corrected chi connectivity index (χ0v) is 15.3. The van der Waals surface area contributed by atoms with E-state index >= 15 is 0 Å². The van der Waals surface area contributed by atoms with E-state index in [4.69, 9.17) is 4.74 Å². The van der Waals surface area contributed by atoms with Gasteiger partial charge in [-0.1, -0.05) is 0 Å². The number of hydrogen-bond acceptors (Lipinski definition) is 6. The number of carbonyl (C=O) groups is 2. The summed E-state index contributed by atoms with van der Waals surface area (Å²) in [6.07, 6.45) is -0.229. The standard InChI is InChI=1S/C16H20N4O5S/c1-10(19-8-13(26)7-14(19)15(21)17-2)18-16(22)25-9-11-3-5-12(6-4-11)20(23)24/h3-6,13-14,26H,7-9H2,1-2H3,(H,17,21). The number of carbonyl (C=O) groups excluding carboxylic acids is 2. The van der Waals surface area contributed by atoms with Crippen LogP contribution in [0.3, 0.4) is 0 Å². The van der Waals surface area contributed by atoms with E-state index in [0.29, 0.717) is 24.4 Å². The molecule has 2 amide bonds. The van der Waals surface area contributed by atoms with Crippen LogP contribution in [-0.2, 0) is 16.1 Å². The van der Waals surface area contributed by atoms with E-state index in [1.54, 1.807) is 18.9 Å². The van der Waals surface area contributed by atoms with E-state index in [0.717, 1.165) is 0 Å². The highest BCUT2D eigenvalue weighted by molar-refractivity contribution is 7.81. The molecular weight excluding hydrogens is 360 g/mol. The van der Waals surface area contributed by atoms with Crippen LogP contribution in [0, 0.1) is 10.1 Å². The summed E-state index contributed by atoms with van der Waals surface area (Å²) in [5, 5.41) is 13.2. The fourth-order valence-corrected chi connectivity index (χ4v) is 3.05. The fourth-order valence-electron chi connectivity index (χ4n) is 2.67. The molecule has 1 N–H and O–H groups in total. The first kappa shape index (κ1) is 19.7. The lowest BCUT2D eigenvalue weighted by molar-refractivity contribution is -0.384. The second-order valence-corrected chi connectivity index (χ2v) is 6.54. The van der Waals surface area contributed by atoms with Gasteiger partial charge in [-0.05, 0) is 31.0 Å². The minimum Gasteiger partial charge on any atom is -0.443 e. The molecule has 10 heteroatoms. The number of nitro benzene ring substituents is 1. The summed E-state index contributed by atoms with van der Waals surface area (Å²) in [4.78, 5) is 39.6. The Bertz CT molecular complexity index is 722. The van der Waals surface area contributed by atoms with Crippen LogP contribution in [0.5, 0.6) is 0 Å². The molecule has 2 atom stereocenters. The number of ether oxygens (including phenoxy) is 1. The van der Waals surface area contributed by atoms with E-state index in [9.17, 15) is 19.7 Å². The minimum atomic E-state index is -0.792. The number of nitrogens with zero attached hydrogens (tertiary/aromatic N) is 3. The van der Waals surface area contributed by atoms with Crippen molar-refractivity contribution in [2.75, 3.05) is 13.6 Å². The Morgan fingerprint density at radius 2 is 2.08 bits per heavy atom. The maximum atomic E-state index is 11.9. The number of likely N-dealkylation sites (N-methyl/N-ethyl adjacent to an activating group) is 1. The predicted molar refractivity (Wildman–Crippen MR) is 98.3 cm³/mol. The summed E-state index contributed by atoms with van der Waals surface area (Å²) < 4.78 is 5.06. The Morgan fingerprint density at radius 3 is 2.65 bits per heavy atom. The van der Waals surface area contributed by atoms with Crippen molar-refractivity contribution in [3.8, 4) is 0 Å². The summed E-state index contributed by atoms with van der Waals surface area (Å²) in [5.41, 5.74) is 0.571. The fraction of sp³-hybridized carbons (Fsp3) is 0.438. The van der Waals surface area contributed by atoms with Gasteiger partial charge in [0.25, 0.3) is 5.69 Å². The molecule has 0 radical (unpaired) electrons. The van der Waals surface area contributed by atoms with Gasteiger partial charge in [0.2, 0.25) is 5.91 Å². The second-order valence-electron chi connectivity index (χ2n) is 5.81. The van der Waals surface area contributed by atoms with Crippen LogP contribution >= 0.6 is 12.6 Å². The average Bonchev–Trinajstić information content (AvgIpc) is 3.01. The van der Waals surface area contributed by atoms with E-state index in [1.165, 1.54) is 24.3 Å². The van der Waals surface area contributed by atoms with Gasteiger partial charge in [0.05, 0.1) is 4.92 Å². The molecule has 140 valence electrons. The van der Waals surface area contributed by atoms with Gasteiger partial charge in [0.1, 0.15) is 18.5 Å². The van der Waals surface area contributed by atoms with E-state index in [-0.39, 0.29) is 23.5 Å². The highest BCUT2D eigenvalue weighted by Gasteiger charge is 2.35. The number of rotatable bonds is 4. The zero-order valence-electron chi connectivity index (χ0n) is 14.4. The van der Waals surface area contributed by atoms with Crippen LogP contribution in [0.15, 0.2) is 29.3 Å². The number of hydrogen-bond donors (Lipinski definition) is 2. The van der Waals surface area contributed by atoms with Crippen molar-refractivity contribution in [1.82, 2.24) is 10.2 Å². The largest absolute Gasteiger partial charge is 0.443 e. The van der Waals surface area contributed by atoms with Gasteiger partial charge in [-0.25, -0.2) is 4.79 Å². The molecule has 0 bridgehead atoms. The Hall–Kier alpha value is -2.62. The number of nitrogens with one attached hydrogen (secondary N) is 1. The van der Waals surface area contributed by atoms with Crippen LogP contribution < -0.4 is 5.32 Å². The average molecular weight is 380 g/mol. The van der Waals surface area contributed by atoms with Gasteiger partial charge in [0, 0.05) is 31.0 Å². The smallest absolute Gasteiger partial charge is 0.435 e. The van der Waals surface area contributed by atoms with Gasteiger partial charge in [-0.2, -0.15) is 17.6 Å². The molecule has 1 aromatic rings. The van der Waals surface area contributed by atoms with Gasteiger partial charge in [-0.3, -0.25) is 14.9 Å². The highest BCUT2D eigenvalue weighted by atomic mass is 32.1. The third-order valence-electron chi connectivity index (χ3n) is 4.01. The maximum absolute atomic E-state index is 11.9. The predicted octanol–water partition coefficient (Wildman–Crippen LogP) is 1.77. The molecule has 2 unspecified atom stereocenters. The number of amidine groups is 1. The molecule has 1 heterocycles. The lowest BCUT2D eigenvalue weighted by atomic mass is 10.2. The molecule has 2 rings (SSSR count). The van der Waals surface area contributed by atoms with Crippen molar-refractivity contribution in [2.45, 2.75) is 31.2 Å². The molecule has 1 fully saturated rings. The molecule has 0 aromatic heterocycles. The highest BCUT2D eigenvalue weighted by Crippen LogP contribution is 2.22. The Kier molecular flexibility index (Phi) is 6.56. The first-order valence-corrected chi connectivity index (χ1v) is 8.45. The lowest BCUT2D eigenvalue weighted by Crippen LogP contribution is -2.44. The first-order chi connectivity index (χ1) is 12.3. The number of aliphatic imine (C=N–C) groups is 1. The third-order valence-corrected chi connectivity index (χ3v) is 4.38. The molecule has 26 heavy (non-hydrogen) atoms. The van der Waals surface area contributed by atoms with Gasteiger partial charge >= 0.3 is 6.09 Å². The lowest BCUT2D eigenvalue weighted by Gasteiger charge is -2.24. The molecule has 1 aromatic carbocycles. The van der Waals surface area contributed by atoms with Crippen LogP contribution in [0.25, 0.3) is 0 Å². The Balaban J connectivity index is 1.96. The molecule has 0 saturated carbocycles. The Labute approximate surface area is 156 Å². The maximum Gasteiger partial charge on any atom is 0.435 e. The van der Waals surface area contributed by atoms with Crippen LogP contribution in [0.1, 0.15) is 18.9 Å². The van der Waals surface area contributed by atoms with E-state index in [2.05, 4.69) is 22.9 Å². The Morgan fingerprint density at radius 1 is 1.42 bits per heavy atom. The van der Waals surface area contributed by atoms with Crippen molar-refractivity contribution in [3.63, 3.8) is 0 Å². The van der Waals surface area contributed by atoms with Crippen LogP contribution in [0.2, 0.25) is 0 Å². The van der Waals surface area contributed by atoms with Gasteiger partial charge < -0.3 is 15.0 Å². The molecule has 1 aliphatic heterocycles. The first-order valence-electron chi connectivity index (χ1n) is 7.93. The summed E-state index contributed by atoms with van der Waals surface area (Å²) >= 11 is 4.40. The molecule has 9 nitrogen and oxygen atoms in total. The normalized spacial score (nSPS) is 20.0. The molecule has 0 spiro atoms. The minimum absolute atomic E-state index is 0.0126. The number of amides is 2. The zero-order chi connectivity index (χ0) is 19.3. The summed E-state index contributed by atoms with van der Waals surface area (Å²) in [5.74, 6) is 0.221. The number of non-ortho nitro benzene ring substituents is 1. The monoisotopic (exact) mass is 380 g/mol. The van der Waals surface area contributed by atoms with Crippen molar-refractivity contribution < 1.29 is 19.2 Å².